The molecular formula is C33H39N5O6. The fourth-order valence-electron chi connectivity index (χ4n) is 6.48. The predicted molar refractivity (Wildman–Crippen MR) is 166 cm³/mol. The number of piperidine rings is 1. The Kier molecular flexibility index (Phi) is 8.58. The van der Waals surface area contributed by atoms with Crippen molar-refractivity contribution in [3.8, 4) is 5.69 Å². The molecule has 0 unspecified atom stereocenters. The number of unbranched alkanes of at least 4 members (excludes halogenated alkanes) is 1. The van der Waals surface area contributed by atoms with E-state index in [0.717, 1.165) is 22.4 Å². The molecule has 11 heteroatoms. The van der Waals surface area contributed by atoms with Crippen LogP contribution < -0.4 is 11.2 Å². The minimum Gasteiger partial charge on any atom is -0.459 e. The maximum absolute atomic E-state index is 13.9. The average Bonchev–Trinajstić information content (AvgIpc) is 3.50. The first-order valence-corrected chi connectivity index (χ1v) is 15.3. The van der Waals surface area contributed by atoms with Crippen molar-refractivity contribution in [3.05, 3.63) is 98.5 Å². The molecule has 2 aromatic heterocycles. The van der Waals surface area contributed by atoms with Gasteiger partial charge in [0.15, 0.2) is 5.76 Å². The van der Waals surface area contributed by atoms with Crippen molar-refractivity contribution in [1.29, 1.82) is 0 Å². The molecule has 6 rings (SSSR count). The number of hydrogen-bond donors (Lipinski definition) is 2. The highest BCUT2D eigenvalue weighted by Gasteiger charge is 2.35. The molecule has 0 spiro atoms. The van der Waals surface area contributed by atoms with Gasteiger partial charge in [0.25, 0.3) is 11.5 Å². The molecule has 2 aliphatic heterocycles. The van der Waals surface area contributed by atoms with Crippen LogP contribution in [0.3, 0.4) is 0 Å². The molecule has 44 heavy (non-hydrogen) atoms. The van der Waals surface area contributed by atoms with Gasteiger partial charge in [-0.1, -0.05) is 30.3 Å². The Labute approximate surface area is 254 Å². The maximum Gasteiger partial charge on any atom is 0.326 e. The number of aromatic amines is 1. The Morgan fingerprint density at radius 1 is 1.05 bits per heavy atom. The molecule has 0 aliphatic carbocycles. The number of hydrogen-bond acceptors (Lipinski definition) is 6. The van der Waals surface area contributed by atoms with Crippen LogP contribution in [0.15, 0.2) is 76.0 Å². The van der Waals surface area contributed by atoms with E-state index >= 15 is 0 Å². The van der Waals surface area contributed by atoms with E-state index in [1.807, 2.05) is 73.3 Å². The van der Waals surface area contributed by atoms with Crippen LogP contribution in [0.4, 0.5) is 0 Å². The normalized spacial score (nSPS) is 19.2. The number of rotatable bonds is 9. The Bertz CT molecular complexity index is 1770. The van der Waals surface area contributed by atoms with Crippen molar-refractivity contribution in [1.82, 2.24) is 23.8 Å². The quantitative estimate of drug-likeness (QED) is 0.283. The number of fused-ring (bicyclic) bond motifs is 1. The van der Waals surface area contributed by atoms with Crippen LogP contribution in [-0.2, 0) is 21.3 Å². The standard InChI is InChI=1S/C33H39N5O6/c1-22-30(32(41)38(35(22)2)25-10-4-3-5-11-25)23-20-28(44-29(21-23)43-19-9-8-18-39)31(40)36-16-14-24(15-17-36)37-27-13-7-6-12-26(27)34-33(37)42/h3-7,10-13,20,23-24,29,39H,8-9,14-19,21H2,1-2H3,(H,34,42)/t23-,29+/m0/s1. The number of para-hydroxylation sites is 3. The number of carbonyl (C=O) groups is 1. The largest absolute Gasteiger partial charge is 0.459 e. The number of aromatic nitrogens is 4. The Balaban J connectivity index is 1.25. The lowest BCUT2D eigenvalue weighted by molar-refractivity contribution is -0.153. The number of nitrogens with zero attached hydrogens (tertiary/aromatic N) is 4. The van der Waals surface area contributed by atoms with Crippen molar-refractivity contribution in [2.45, 2.75) is 57.3 Å². The number of benzene rings is 2. The van der Waals surface area contributed by atoms with Crippen LogP contribution >= 0.6 is 0 Å². The van der Waals surface area contributed by atoms with Gasteiger partial charge in [-0.2, -0.15) is 0 Å². The lowest BCUT2D eigenvalue weighted by Crippen LogP contribution is -2.42. The molecule has 2 atom stereocenters. The van der Waals surface area contributed by atoms with E-state index in [0.29, 0.717) is 57.4 Å². The number of amides is 1. The third-order valence-corrected chi connectivity index (χ3v) is 8.83. The molecule has 1 saturated heterocycles. The second kappa shape index (κ2) is 12.7. The predicted octanol–water partition coefficient (Wildman–Crippen LogP) is 3.49. The van der Waals surface area contributed by atoms with E-state index in [1.54, 1.807) is 20.2 Å². The summed E-state index contributed by atoms with van der Waals surface area (Å²) in [4.78, 5) is 45.1. The molecule has 2 aromatic carbocycles. The van der Waals surface area contributed by atoms with Crippen molar-refractivity contribution < 1.29 is 19.4 Å². The van der Waals surface area contributed by atoms with E-state index in [1.165, 1.54) is 0 Å². The number of ether oxygens (including phenoxy) is 2. The molecule has 0 radical (unpaired) electrons. The second-order valence-corrected chi connectivity index (χ2v) is 11.5. The Morgan fingerprint density at radius 3 is 2.52 bits per heavy atom. The monoisotopic (exact) mass is 601 g/mol. The summed E-state index contributed by atoms with van der Waals surface area (Å²) in [6.07, 6.45) is 3.96. The van der Waals surface area contributed by atoms with Crippen LogP contribution in [0.2, 0.25) is 0 Å². The van der Waals surface area contributed by atoms with E-state index < -0.39 is 12.2 Å². The number of likely N-dealkylation sites (tertiary alicyclic amines) is 1. The molecule has 0 bridgehead atoms. The van der Waals surface area contributed by atoms with Gasteiger partial charge >= 0.3 is 5.69 Å². The van der Waals surface area contributed by atoms with E-state index in [9.17, 15) is 19.5 Å². The zero-order valence-electron chi connectivity index (χ0n) is 25.1. The molecule has 2 aliphatic rings. The van der Waals surface area contributed by atoms with Crippen LogP contribution in [0, 0.1) is 6.92 Å². The summed E-state index contributed by atoms with van der Waals surface area (Å²) in [5.74, 6) is -0.470. The first-order chi connectivity index (χ1) is 21.4. The van der Waals surface area contributed by atoms with Crippen molar-refractivity contribution in [3.63, 3.8) is 0 Å². The molecule has 1 fully saturated rings. The van der Waals surface area contributed by atoms with Gasteiger partial charge in [-0.15, -0.1) is 0 Å². The average molecular weight is 602 g/mol. The summed E-state index contributed by atoms with van der Waals surface area (Å²) in [6.45, 7) is 3.29. The van der Waals surface area contributed by atoms with Crippen LogP contribution in [0.25, 0.3) is 16.7 Å². The zero-order chi connectivity index (χ0) is 30.8. The number of carbonyl (C=O) groups excluding carboxylic acids is 1. The molecule has 2 N–H and O–H groups in total. The first-order valence-electron chi connectivity index (χ1n) is 15.3. The fraction of sp³-hybridized carbons (Fsp3) is 0.424. The molecule has 1 amide bonds. The van der Waals surface area contributed by atoms with Crippen LogP contribution in [0.1, 0.15) is 55.3 Å². The van der Waals surface area contributed by atoms with Gasteiger partial charge in [0.1, 0.15) is 0 Å². The van der Waals surface area contributed by atoms with Gasteiger partial charge in [0, 0.05) is 56.4 Å². The molecule has 232 valence electrons. The topological polar surface area (TPSA) is 124 Å². The summed E-state index contributed by atoms with van der Waals surface area (Å²) in [5, 5.41) is 9.18. The number of aliphatic hydroxyl groups excluding tert-OH is 1. The number of aliphatic hydroxyl groups is 1. The van der Waals surface area contributed by atoms with Gasteiger partial charge in [-0.3, -0.25) is 18.8 Å². The number of imidazole rings is 1. The number of nitrogens with one attached hydrogen (secondary N) is 1. The maximum atomic E-state index is 13.9. The highest BCUT2D eigenvalue weighted by Crippen LogP contribution is 2.34. The highest BCUT2D eigenvalue weighted by atomic mass is 16.7. The van der Waals surface area contributed by atoms with Gasteiger partial charge in [0.2, 0.25) is 6.29 Å². The third-order valence-electron chi connectivity index (χ3n) is 8.83. The smallest absolute Gasteiger partial charge is 0.326 e. The minimum atomic E-state index is -0.714. The lowest BCUT2D eigenvalue weighted by Gasteiger charge is -2.35. The van der Waals surface area contributed by atoms with Crippen molar-refractivity contribution in [2.24, 2.45) is 7.05 Å². The molecule has 11 nitrogen and oxygen atoms in total. The molecule has 4 aromatic rings. The van der Waals surface area contributed by atoms with E-state index in [-0.39, 0.29) is 35.6 Å². The minimum absolute atomic E-state index is 0.0252. The number of allylic oxidation sites excluding steroid dienone is 1. The summed E-state index contributed by atoms with van der Waals surface area (Å²) in [7, 11) is 1.86. The van der Waals surface area contributed by atoms with Crippen LogP contribution in [-0.4, -0.2) is 67.4 Å². The van der Waals surface area contributed by atoms with Crippen molar-refractivity contribution >= 4 is 16.9 Å². The SMILES string of the molecule is Cc1c([C@H]2C=C(C(=O)N3CCC(n4c(=O)[nH]c5ccccc54)CC3)O[C@@H](OCCCCO)C2)c(=O)n(-c2ccccc2)n1C. The van der Waals surface area contributed by atoms with Gasteiger partial charge in [-0.25, -0.2) is 9.48 Å². The zero-order valence-corrected chi connectivity index (χ0v) is 25.1. The summed E-state index contributed by atoms with van der Waals surface area (Å²) in [6, 6.07) is 17.1. The van der Waals surface area contributed by atoms with Gasteiger partial charge in [-0.05, 0) is 62.9 Å². The molecular weight excluding hydrogens is 562 g/mol. The van der Waals surface area contributed by atoms with Crippen molar-refractivity contribution in [2.75, 3.05) is 26.3 Å². The third kappa shape index (κ3) is 5.65. The summed E-state index contributed by atoms with van der Waals surface area (Å²) in [5.41, 5.74) is 3.55. The Hall–Kier alpha value is -4.35. The lowest BCUT2D eigenvalue weighted by atomic mass is 9.92. The van der Waals surface area contributed by atoms with Crippen LogP contribution in [0.5, 0.6) is 0 Å². The fourth-order valence-corrected chi connectivity index (χ4v) is 6.48. The Morgan fingerprint density at radius 2 is 1.77 bits per heavy atom. The van der Waals surface area contributed by atoms with Gasteiger partial charge in [0.05, 0.1) is 23.3 Å². The second-order valence-electron chi connectivity index (χ2n) is 11.5. The van der Waals surface area contributed by atoms with Gasteiger partial charge < -0.3 is 24.5 Å². The number of H-pyrrole nitrogens is 1. The molecule has 0 saturated carbocycles. The van der Waals surface area contributed by atoms with E-state index in [4.69, 9.17) is 9.47 Å². The molecule has 4 heterocycles. The highest BCUT2D eigenvalue weighted by molar-refractivity contribution is 5.92. The first kappa shape index (κ1) is 29.7. The summed E-state index contributed by atoms with van der Waals surface area (Å²) < 4.78 is 17.4. The van der Waals surface area contributed by atoms with E-state index in [2.05, 4.69) is 4.98 Å². The summed E-state index contributed by atoms with van der Waals surface area (Å²) >= 11 is 0.